The first-order valence-corrected chi connectivity index (χ1v) is 9.80. The fourth-order valence-corrected chi connectivity index (χ4v) is 3.61. The summed E-state index contributed by atoms with van der Waals surface area (Å²) in [5.74, 6) is 1.07. The molecule has 0 radical (unpaired) electrons. The van der Waals surface area contributed by atoms with Crippen LogP contribution in [0.4, 0.5) is 5.69 Å². The Morgan fingerprint density at radius 2 is 1.69 bits per heavy atom. The van der Waals surface area contributed by atoms with Crippen LogP contribution in [-0.2, 0) is 16.1 Å². The summed E-state index contributed by atoms with van der Waals surface area (Å²) >= 11 is 0. The average molecular weight is 397 g/mol. The zero-order chi connectivity index (χ0) is 20.6. The molecule has 2 aromatic rings. The lowest BCUT2D eigenvalue weighted by Crippen LogP contribution is -2.35. The number of aromatic nitrogens is 1. The van der Waals surface area contributed by atoms with E-state index >= 15 is 0 Å². The van der Waals surface area contributed by atoms with E-state index in [1.807, 2.05) is 12.1 Å². The Kier molecular flexibility index (Phi) is 7.05. The first-order chi connectivity index (χ1) is 14.1. The zero-order valence-corrected chi connectivity index (χ0v) is 16.8. The highest BCUT2D eigenvalue weighted by Crippen LogP contribution is 2.32. The summed E-state index contributed by atoms with van der Waals surface area (Å²) in [6.07, 6.45) is 6.27. The highest BCUT2D eigenvalue weighted by Gasteiger charge is 2.30. The zero-order valence-electron chi connectivity index (χ0n) is 16.8. The highest BCUT2D eigenvalue weighted by atomic mass is 16.5. The Morgan fingerprint density at radius 3 is 2.31 bits per heavy atom. The van der Waals surface area contributed by atoms with Gasteiger partial charge in [0.25, 0.3) is 0 Å². The molecule has 7 heteroatoms. The van der Waals surface area contributed by atoms with E-state index in [1.54, 1.807) is 44.8 Å². The molecule has 29 heavy (non-hydrogen) atoms. The van der Waals surface area contributed by atoms with Gasteiger partial charge in [-0.25, -0.2) is 0 Å². The Hall–Kier alpha value is -3.09. The number of rotatable bonds is 7. The van der Waals surface area contributed by atoms with Crippen molar-refractivity contribution in [2.45, 2.75) is 32.2 Å². The second-order valence-corrected chi connectivity index (χ2v) is 7.19. The number of amides is 2. The van der Waals surface area contributed by atoms with E-state index in [0.717, 1.165) is 5.56 Å². The molecule has 154 valence electrons. The van der Waals surface area contributed by atoms with Crippen LogP contribution >= 0.6 is 0 Å². The Bertz CT molecular complexity index is 833. The second-order valence-electron chi connectivity index (χ2n) is 7.19. The minimum Gasteiger partial charge on any atom is -0.493 e. The number of nitrogens with zero attached hydrogens (tertiary/aromatic N) is 1. The third-order valence-electron chi connectivity index (χ3n) is 5.31. The van der Waals surface area contributed by atoms with E-state index in [4.69, 9.17) is 9.47 Å². The molecule has 2 amide bonds. The predicted molar refractivity (Wildman–Crippen MR) is 110 cm³/mol. The van der Waals surface area contributed by atoms with Crippen molar-refractivity contribution in [2.24, 2.45) is 11.8 Å². The third-order valence-corrected chi connectivity index (χ3v) is 5.31. The van der Waals surface area contributed by atoms with E-state index in [9.17, 15) is 9.59 Å². The molecule has 1 aromatic carbocycles. The summed E-state index contributed by atoms with van der Waals surface area (Å²) < 4.78 is 10.5. The number of benzene rings is 1. The number of anilines is 1. The van der Waals surface area contributed by atoms with E-state index in [1.165, 1.54) is 0 Å². The molecule has 1 aliphatic rings. The largest absolute Gasteiger partial charge is 0.493 e. The Labute approximate surface area is 170 Å². The molecule has 0 saturated heterocycles. The minimum atomic E-state index is -0.0922. The van der Waals surface area contributed by atoms with Crippen LogP contribution in [0.25, 0.3) is 0 Å². The summed E-state index contributed by atoms with van der Waals surface area (Å²) in [6, 6.07) is 9.08. The molecule has 1 aromatic heterocycles. The maximum Gasteiger partial charge on any atom is 0.227 e. The third kappa shape index (κ3) is 5.47. The van der Waals surface area contributed by atoms with Gasteiger partial charge in [0.1, 0.15) is 0 Å². The molecule has 3 rings (SSSR count). The van der Waals surface area contributed by atoms with Gasteiger partial charge in [0, 0.05) is 42.5 Å². The number of carbonyl (C=O) groups is 2. The predicted octanol–water partition coefficient (Wildman–Crippen LogP) is 3.16. The number of hydrogen-bond acceptors (Lipinski definition) is 5. The fraction of sp³-hybridized carbons (Fsp3) is 0.409. The van der Waals surface area contributed by atoms with Gasteiger partial charge in [-0.05, 0) is 49.4 Å². The van der Waals surface area contributed by atoms with Crippen molar-refractivity contribution in [1.29, 1.82) is 0 Å². The topological polar surface area (TPSA) is 89.5 Å². The molecule has 1 heterocycles. The Morgan fingerprint density at radius 1 is 1.00 bits per heavy atom. The van der Waals surface area contributed by atoms with Crippen molar-refractivity contribution >= 4 is 17.5 Å². The van der Waals surface area contributed by atoms with Gasteiger partial charge in [0.2, 0.25) is 11.8 Å². The van der Waals surface area contributed by atoms with Gasteiger partial charge in [-0.2, -0.15) is 0 Å². The van der Waals surface area contributed by atoms with Crippen molar-refractivity contribution in [3.8, 4) is 11.5 Å². The summed E-state index contributed by atoms with van der Waals surface area (Å²) in [7, 11) is 3.13. The van der Waals surface area contributed by atoms with Gasteiger partial charge in [0.15, 0.2) is 11.5 Å². The maximum absolute atomic E-state index is 12.6. The van der Waals surface area contributed by atoms with Gasteiger partial charge >= 0.3 is 0 Å². The molecular formula is C22H27N3O4. The van der Waals surface area contributed by atoms with Crippen LogP contribution in [0.5, 0.6) is 11.5 Å². The van der Waals surface area contributed by atoms with Crippen molar-refractivity contribution in [3.63, 3.8) is 0 Å². The first kappa shape index (κ1) is 20.6. The van der Waals surface area contributed by atoms with Crippen molar-refractivity contribution in [3.05, 3.63) is 48.3 Å². The molecule has 1 aliphatic carbocycles. The van der Waals surface area contributed by atoms with Crippen molar-refractivity contribution in [2.75, 3.05) is 19.5 Å². The van der Waals surface area contributed by atoms with Gasteiger partial charge in [0.05, 0.1) is 14.2 Å². The van der Waals surface area contributed by atoms with E-state index < -0.39 is 0 Å². The number of methoxy groups -OCH3 is 2. The van der Waals surface area contributed by atoms with E-state index in [0.29, 0.717) is 49.4 Å². The van der Waals surface area contributed by atoms with Crippen molar-refractivity contribution in [1.82, 2.24) is 10.3 Å². The Balaban J connectivity index is 1.47. The lowest BCUT2D eigenvalue weighted by Gasteiger charge is -2.27. The monoisotopic (exact) mass is 397 g/mol. The lowest BCUT2D eigenvalue weighted by molar-refractivity contribution is -0.128. The van der Waals surface area contributed by atoms with Gasteiger partial charge in [-0.1, -0.05) is 6.07 Å². The smallest absolute Gasteiger partial charge is 0.227 e. The summed E-state index contributed by atoms with van der Waals surface area (Å²) in [5, 5.41) is 5.92. The second kappa shape index (κ2) is 9.91. The molecule has 1 fully saturated rings. The first-order valence-electron chi connectivity index (χ1n) is 9.80. The summed E-state index contributed by atoms with van der Waals surface area (Å²) in [5.41, 5.74) is 1.65. The molecule has 0 bridgehead atoms. The van der Waals surface area contributed by atoms with Gasteiger partial charge in [-0.3, -0.25) is 14.6 Å². The van der Waals surface area contributed by atoms with Crippen molar-refractivity contribution < 1.29 is 19.1 Å². The molecule has 0 aliphatic heterocycles. The molecule has 0 unspecified atom stereocenters. The van der Waals surface area contributed by atoms with Crippen LogP contribution in [-0.4, -0.2) is 31.0 Å². The van der Waals surface area contributed by atoms with Gasteiger partial charge < -0.3 is 20.1 Å². The highest BCUT2D eigenvalue weighted by molar-refractivity contribution is 5.93. The molecule has 0 spiro atoms. The minimum absolute atomic E-state index is 0.0218. The van der Waals surface area contributed by atoms with E-state index in [-0.39, 0.29) is 23.7 Å². The average Bonchev–Trinajstić information content (AvgIpc) is 2.78. The quantitative estimate of drug-likeness (QED) is 0.749. The summed E-state index contributed by atoms with van der Waals surface area (Å²) in [6.45, 7) is 0.479. The fourth-order valence-electron chi connectivity index (χ4n) is 3.61. The van der Waals surface area contributed by atoms with Crippen LogP contribution in [0.1, 0.15) is 31.2 Å². The normalized spacial score (nSPS) is 18.6. The summed E-state index contributed by atoms with van der Waals surface area (Å²) in [4.78, 5) is 29.1. The number of hydrogen-bond donors (Lipinski definition) is 2. The maximum atomic E-state index is 12.6. The number of pyridine rings is 1. The lowest BCUT2D eigenvalue weighted by atomic mass is 9.81. The van der Waals surface area contributed by atoms with Crippen LogP contribution in [0.2, 0.25) is 0 Å². The molecule has 1 saturated carbocycles. The molecule has 0 atom stereocenters. The van der Waals surface area contributed by atoms with Crippen LogP contribution < -0.4 is 20.1 Å². The number of carbonyl (C=O) groups excluding carboxylic acids is 2. The SMILES string of the molecule is COc1ccc(NC(=O)C2CCC(C(=O)NCc3cccnc3)CC2)cc1OC. The van der Waals surface area contributed by atoms with E-state index in [2.05, 4.69) is 15.6 Å². The standard InChI is InChI=1S/C22H27N3O4/c1-28-19-10-9-18(12-20(19)29-2)25-22(27)17-7-5-16(6-8-17)21(26)24-14-15-4-3-11-23-13-15/h3-4,9-13,16-17H,5-8,14H2,1-2H3,(H,24,26)(H,25,27). The molecular weight excluding hydrogens is 370 g/mol. The molecule has 7 nitrogen and oxygen atoms in total. The molecule has 2 N–H and O–H groups in total. The van der Waals surface area contributed by atoms with Crippen LogP contribution in [0, 0.1) is 11.8 Å². The number of nitrogens with one attached hydrogen (secondary N) is 2. The number of ether oxygens (including phenoxy) is 2. The van der Waals surface area contributed by atoms with Crippen LogP contribution in [0.15, 0.2) is 42.7 Å². The van der Waals surface area contributed by atoms with Gasteiger partial charge in [-0.15, -0.1) is 0 Å². The van der Waals surface area contributed by atoms with Crippen LogP contribution in [0.3, 0.4) is 0 Å².